The fourth-order valence-electron chi connectivity index (χ4n) is 2.20. The lowest BCUT2D eigenvalue weighted by Gasteiger charge is -2.39. The van der Waals surface area contributed by atoms with E-state index < -0.39 is 5.97 Å². The van der Waals surface area contributed by atoms with Gasteiger partial charge in [-0.15, -0.1) is 11.3 Å². The summed E-state index contributed by atoms with van der Waals surface area (Å²) in [6.07, 6.45) is 0.977. The van der Waals surface area contributed by atoms with Crippen LogP contribution in [0.25, 0.3) is 0 Å². The number of carbonyl (C=O) groups is 2. The number of likely N-dealkylation sites (tertiary alicyclic amines) is 1. The van der Waals surface area contributed by atoms with Crippen LogP contribution in [-0.4, -0.2) is 41.1 Å². The molecule has 1 fully saturated rings. The number of urea groups is 1. The number of nitrogens with one attached hydrogen (secondary N) is 1. The van der Waals surface area contributed by atoms with E-state index in [9.17, 15) is 9.59 Å². The van der Waals surface area contributed by atoms with E-state index in [0.717, 1.165) is 6.42 Å². The number of rotatable bonds is 5. The van der Waals surface area contributed by atoms with Gasteiger partial charge in [0, 0.05) is 36.3 Å². The lowest BCUT2D eigenvalue weighted by atomic mass is 9.97. The van der Waals surface area contributed by atoms with E-state index >= 15 is 0 Å². The van der Waals surface area contributed by atoms with Crippen LogP contribution in [0.3, 0.4) is 0 Å². The molecule has 0 aromatic carbocycles. The van der Waals surface area contributed by atoms with Crippen LogP contribution in [0.1, 0.15) is 18.2 Å². The normalized spacial score (nSPS) is 16.8. The summed E-state index contributed by atoms with van der Waals surface area (Å²) in [6, 6.07) is 4.05. The van der Waals surface area contributed by atoms with Gasteiger partial charge in [0.2, 0.25) is 0 Å². The summed E-state index contributed by atoms with van der Waals surface area (Å²) in [7, 11) is 0. The predicted octanol–water partition coefficient (Wildman–Crippen LogP) is 1.80. The molecule has 2 heterocycles. The minimum atomic E-state index is -0.795. The Balaban J connectivity index is 1.69. The van der Waals surface area contributed by atoms with Crippen molar-refractivity contribution in [3.63, 3.8) is 0 Å². The summed E-state index contributed by atoms with van der Waals surface area (Å²) in [4.78, 5) is 25.3. The Morgan fingerprint density at radius 2 is 2.32 bits per heavy atom. The standard InChI is InChI=1S/C13H18N2O3S/c1-9(5-11-3-2-4-19-11)14-13(18)15-7-10(8-15)6-12(16)17/h2-4,9-10H,5-8H2,1H3,(H,14,18)(H,16,17). The van der Waals surface area contributed by atoms with Crippen LogP contribution < -0.4 is 5.32 Å². The summed E-state index contributed by atoms with van der Waals surface area (Å²) in [6.45, 7) is 3.07. The summed E-state index contributed by atoms with van der Waals surface area (Å²) in [5.74, 6) is -0.688. The Morgan fingerprint density at radius 1 is 1.58 bits per heavy atom. The number of carboxylic acid groups (broad SMARTS) is 1. The third-order valence-corrected chi connectivity index (χ3v) is 4.06. The molecule has 1 aromatic rings. The van der Waals surface area contributed by atoms with E-state index in [1.54, 1.807) is 16.2 Å². The quantitative estimate of drug-likeness (QED) is 0.865. The molecule has 104 valence electrons. The molecule has 0 aliphatic carbocycles. The average molecular weight is 282 g/mol. The van der Waals surface area contributed by atoms with Crippen LogP contribution in [0.2, 0.25) is 0 Å². The molecule has 1 aliphatic rings. The maximum Gasteiger partial charge on any atom is 0.317 e. The second-order valence-electron chi connectivity index (χ2n) is 5.00. The van der Waals surface area contributed by atoms with Gasteiger partial charge in [-0.3, -0.25) is 4.79 Å². The fraction of sp³-hybridized carbons (Fsp3) is 0.538. The highest BCUT2D eigenvalue weighted by Gasteiger charge is 2.32. The van der Waals surface area contributed by atoms with Crippen LogP contribution in [0.4, 0.5) is 4.79 Å². The molecule has 2 N–H and O–H groups in total. The largest absolute Gasteiger partial charge is 0.481 e. The van der Waals surface area contributed by atoms with Crippen LogP contribution in [0.15, 0.2) is 17.5 Å². The van der Waals surface area contributed by atoms with Crippen molar-refractivity contribution in [1.82, 2.24) is 10.2 Å². The third kappa shape index (κ3) is 3.96. The van der Waals surface area contributed by atoms with Gasteiger partial charge < -0.3 is 15.3 Å². The number of nitrogens with zero attached hydrogens (tertiary/aromatic N) is 1. The van der Waals surface area contributed by atoms with Crippen molar-refractivity contribution in [3.8, 4) is 0 Å². The van der Waals surface area contributed by atoms with Gasteiger partial charge >= 0.3 is 12.0 Å². The molecule has 1 aromatic heterocycles. The van der Waals surface area contributed by atoms with E-state index in [1.165, 1.54) is 4.88 Å². The molecule has 2 amide bonds. The maximum atomic E-state index is 11.9. The number of hydrogen-bond donors (Lipinski definition) is 2. The fourth-order valence-corrected chi connectivity index (χ4v) is 3.03. The molecule has 19 heavy (non-hydrogen) atoms. The maximum absolute atomic E-state index is 11.9. The van der Waals surface area contributed by atoms with Crippen LogP contribution in [0.5, 0.6) is 0 Å². The monoisotopic (exact) mass is 282 g/mol. The SMILES string of the molecule is CC(Cc1cccs1)NC(=O)N1CC(CC(=O)O)C1. The Bertz CT molecular complexity index is 441. The lowest BCUT2D eigenvalue weighted by Crippen LogP contribution is -2.55. The van der Waals surface area contributed by atoms with Crippen LogP contribution in [0, 0.1) is 5.92 Å². The first-order valence-electron chi connectivity index (χ1n) is 6.34. The molecule has 6 heteroatoms. The van der Waals surface area contributed by atoms with Gasteiger partial charge in [-0.25, -0.2) is 4.79 Å². The first-order chi connectivity index (χ1) is 9.04. The molecule has 1 atom stereocenters. The van der Waals surface area contributed by atoms with Crippen molar-refractivity contribution in [1.29, 1.82) is 0 Å². The van der Waals surface area contributed by atoms with Crippen molar-refractivity contribution in [2.24, 2.45) is 5.92 Å². The van der Waals surface area contributed by atoms with Gasteiger partial charge in [-0.2, -0.15) is 0 Å². The highest BCUT2D eigenvalue weighted by atomic mass is 32.1. The summed E-state index contributed by atoms with van der Waals surface area (Å²) >= 11 is 1.68. The van der Waals surface area contributed by atoms with Crippen molar-refractivity contribution >= 4 is 23.3 Å². The number of amides is 2. The van der Waals surface area contributed by atoms with Crippen molar-refractivity contribution in [2.75, 3.05) is 13.1 Å². The first-order valence-corrected chi connectivity index (χ1v) is 7.22. The molecular formula is C13H18N2O3S. The molecule has 0 radical (unpaired) electrons. The number of hydrogen-bond acceptors (Lipinski definition) is 3. The summed E-state index contributed by atoms with van der Waals surface area (Å²) in [5, 5.41) is 13.6. The van der Waals surface area contributed by atoms with Crippen LogP contribution in [-0.2, 0) is 11.2 Å². The van der Waals surface area contributed by atoms with Crippen LogP contribution >= 0.6 is 11.3 Å². The zero-order valence-electron chi connectivity index (χ0n) is 10.8. The molecule has 0 spiro atoms. The Morgan fingerprint density at radius 3 is 2.89 bits per heavy atom. The molecular weight excluding hydrogens is 264 g/mol. The van der Waals surface area contributed by atoms with E-state index in [-0.39, 0.29) is 24.4 Å². The van der Waals surface area contributed by atoms with E-state index in [1.807, 2.05) is 18.4 Å². The zero-order valence-corrected chi connectivity index (χ0v) is 11.7. The number of carboxylic acids is 1. The lowest BCUT2D eigenvalue weighted by molar-refractivity contribution is -0.139. The van der Waals surface area contributed by atoms with Crippen molar-refractivity contribution in [2.45, 2.75) is 25.8 Å². The van der Waals surface area contributed by atoms with Gasteiger partial charge in [0.1, 0.15) is 0 Å². The molecule has 0 saturated carbocycles. The van der Waals surface area contributed by atoms with Gasteiger partial charge in [0.25, 0.3) is 0 Å². The van der Waals surface area contributed by atoms with Gasteiger partial charge in [0.05, 0.1) is 6.42 Å². The molecule has 1 aliphatic heterocycles. The second-order valence-corrected chi connectivity index (χ2v) is 6.04. The molecule has 1 unspecified atom stereocenters. The predicted molar refractivity (Wildman–Crippen MR) is 73.3 cm³/mol. The van der Waals surface area contributed by atoms with Gasteiger partial charge in [0.15, 0.2) is 0 Å². The smallest absolute Gasteiger partial charge is 0.317 e. The summed E-state index contributed by atoms with van der Waals surface area (Å²) < 4.78 is 0. The second kappa shape index (κ2) is 6.06. The van der Waals surface area contributed by atoms with E-state index in [4.69, 9.17) is 5.11 Å². The van der Waals surface area contributed by atoms with Gasteiger partial charge in [-0.1, -0.05) is 6.07 Å². The number of thiophene rings is 1. The summed E-state index contributed by atoms with van der Waals surface area (Å²) in [5.41, 5.74) is 0. The zero-order chi connectivity index (χ0) is 13.8. The Kier molecular flexibility index (Phi) is 4.42. The van der Waals surface area contributed by atoms with E-state index in [0.29, 0.717) is 13.1 Å². The minimum absolute atomic E-state index is 0.0877. The topological polar surface area (TPSA) is 69.6 Å². The molecule has 1 saturated heterocycles. The molecule has 5 nitrogen and oxygen atoms in total. The molecule has 0 bridgehead atoms. The third-order valence-electron chi connectivity index (χ3n) is 3.17. The minimum Gasteiger partial charge on any atom is -0.481 e. The van der Waals surface area contributed by atoms with Gasteiger partial charge in [-0.05, 0) is 18.4 Å². The average Bonchev–Trinajstić information content (AvgIpc) is 2.74. The van der Waals surface area contributed by atoms with E-state index in [2.05, 4.69) is 11.4 Å². The first kappa shape index (κ1) is 13.9. The Hall–Kier alpha value is -1.56. The molecule has 2 rings (SSSR count). The van der Waals surface area contributed by atoms with Crippen molar-refractivity contribution in [3.05, 3.63) is 22.4 Å². The van der Waals surface area contributed by atoms with Crippen molar-refractivity contribution < 1.29 is 14.7 Å². The number of aliphatic carboxylic acids is 1. The highest BCUT2D eigenvalue weighted by molar-refractivity contribution is 7.09. The highest BCUT2D eigenvalue weighted by Crippen LogP contribution is 2.19. The number of carbonyl (C=O) groups excluding carboxylic acids is 1. The Labute approximate surface area is 116 Å².